The Bertz CT molecular complexity index is 1380. The van der Waals surface area contributed by atoms with Crippen molar-refractivity contribution in [2.24, 2.45) is 0 Å². The van der Waals surface area contributed by atoms with Crippen LogP contribution in [0.3, 0.4) is 0 Å². The maximum atomic E-state index is 13.8. The summed E-state index contributed by atoms with van der Waals surface area (Å²) in [6.07, 6.45) is 3.53. The molecule has 2 aromatic heterocycles. The molecule has 0 aliphatic carbocycles. The van der Waals surface area contributed by atoms with Crippen LogP contribution in [0.25, 0.3) is 22.2 Å². The van der Waals surface area contributed by atoms with Crippen LogP contribution >= 0.6 is 0 Å². The van der Waals surface area contributed by atoms with Crippen LogP contribution in [0.4, 0.5) is 21.7 Å². The van der Waals surface area contributed by atoms with E-state index in [-0.39, 0.29) is 11.7 Å². The Hall–Kier alpha value is -4.02. The minimum Gasteiger partial charge on any atom is -0.369 e. The largest absolute Gasteiger partial charge is 0.369 e. The van der Waals surface area contributed by atoms with E-state index in [1.54, 1.807) is 12.3 Å². The Morgan fingerprint density at radius 2 is 1.87 bits per heavy atom. The van der Waals surface area contributed by atoms with Gasteiger partial charge >= 0.3 is 0 Å². The molecule has 0 radical (unpaired) electrons. The summed E-state index contributed by atoms with van der Waals surface area (Å²) in [5, 5.41) is 7.03. The number of hydrogen-bond acceptors (Lipinski definition) is 7. The van der Waals surface area contributed by atoms with Gasteiger partial charge < -0.3 is 25.4 Å². The molecule has 3 heterocycles. The van der Waals surface area contributed by atoms with Crippen molar-refractivity contribution < 1.29 is 9.18 Å². The lowest BCUT2D eigenvalue weighted by molar-refractivity contribution is -0.122. The van der Waals surface area contributed by atoms with Gasteiger partial charge in [-0.1, -0.05) is 0 Å². The molecular weight excluding hydrogens is 483 g/mol. The molecule has 4 aromatic rings. The standard InChI is InChI=1S/C28H33FN8O/c1-35(2)12-11-30-27(38)19-36-13-15-37(16-14-36)22-6-4-21(5-7-22)33-28-31-10-9-26(34-28)24-18-32-25-8-3-20(29)17-23(24)25/h3-10,17-18,32H,11-16,19H2,1-2H3,(H,30,38)(H,31,33,34). The van der Waals surface area contributed by atoms with Crippen LogP contribution in [0.2, 0.25) is 0 Å². The Labute approximate surface area is 221 Å². The zero-order valence-electron chi connectivity index (χ0n) is 21.7. The number of hydrogen-bond donors (Lipinski definition) is 3. The first kappa shape index (κ1) is 25.6. The Balaban J connectivity index is 1.16. The predicted octanol–water partition coefficient (Wildman–Crippen LogP) is 3.31. The highest BCUT2D eigenvalue weighted by atomic mass is 19.1. The fraction of sp³-hybridized carbons (Fsp3) is 0.321. The van der Waals surface area contributed by atoms with Gasteiger partial charge in [0.2, 0.25) is 11.9 Å². The second-order valence-electron chi connectivity index (χ2n) is 9.75. The molecule has 10 heteroatoms. The predicted molar refractivity (Wildman–Crippen MR) is 149 cm³/mol. The van der Waals surface area contributed by atoms with E-state index in [1.165, 1.54) is 12.1 Å². The summed E-state index contributed by atoms with van der Waals surface area (Å²) in [5.74, 6) is 0.269. The van der Waals surface area contributed by atoms with E-state index in [0.29, 0.717) is 24.7 Å². The number of carbonyl (C=O) groups is 1. The van der Waals surface area contributed by atoms with E-state index in [1.807, 2.05) is 38.5 Å². The number of halogens is 1. The number of rotatable bonds is 9. The molecule has 1 amide bonds. The summed E-state index contributed by atoms with van der Waals surface area (Å²) in [7, 11) is 3.99. The topological polar surface area (TPSA) is 92.4 Å². The molecule has 38 heavy (non-hydrogen) atoms. The van der Waals surface area contributed by atoms with Crippen molar-refractivity contribution >= 4 is 34.1 Å². The number of amides is 1. The quantitative estimate of drug-likeness (QED) is 0.314. The van der Waals surface area contributed by atoms with Gasteiger partial charge in [0.15, 0.2) is 0 Å². The molecule has 5 rings (SSSR count). The third kappa shape index (κ3) is 6.27. The molecule has 0 atom stereocenters. The summed E-state index contributed by atoms with van der Waals surface area (Å²) in [5.41, 5.74) is 4.41. The lowest BCUT2D eigenvalue weighted by Crippen LogP contribution is -2.49. The van der Waals surface area contributed by atoms with Gasteiger partial charge in [0, 0.05) is 79.5 Å². The van der Waals surface area contributed by atoms with Crippen molar-refractivity contribution in [1.29, 1.82) is 0 Å². The Morgan fingerprint density at radius 3 is 2.63 bits per heavy atom. The molecular formula is C28H33FN8O. The molecule has 0 spiro atoms. The number of piperazine rings is 1. The van der Waals surface area contributed by atoms with Gasteiger partial charge in [-0.05, 0) is 62.6 Å². The molecule has 1 saturated heterocycles. The first-order chi connectivity index (χ1) is 18.4. The summed E-state index contributed by atoms with van der Waals surface area (Å²) < 4.78 is 13.8. The third-order valence-electron chi connectivity index (χ3n) is 6.68. The molecule has 3 N–H and O–H groups in total. The Morgan fingerprint density at radius 1 is 1.08 bits per heavy atom. The molecule has 0 saturated carbocycles. The van der Waals surface area contributed by atoms with Crippen LogP contribution < -0.4 is 15.5 Å². The van der Waals surface area contributed by atoms with Crippen molar-refractivity contribution in [3.63, 3.8) is 0 Å². The number of anilines is 3. The lowest BCUT2D eigenvalue weighted by atomic mass is 10.1. The summed E-state index contributed by atoms with van der Waals surface area (Å²) in [6, 6.07) is 14.7. The van der Waals surface area contributed by atoms with Gasteiger partial charge in [0.05, 0.1) is 12.2 Å². The second-order valence-corrected chi connectivity index (χ2v) is 9.75. The summed E-state index contributed by atoms with van der Waals surface area (Å²) >= 11 is 0. The average molecular weight is 517 g/mol. The number of fused-ring (bicyclic) bond motifs is 1. The SMILES string of the molecule is CN(C)CCNC(=O)CN1CCN(c2ccc(Nc3nccc(-c4c[nH]c5ccc(F)cc45)n3)cc2)CC1. The van der Waals surface area contributed by atoms with E-state index in [0.717, 1.165) is 60.6 Å². The van der Waals surface area contributed by atoms with Gasteiger partial charge in [0.25, 0.3) is 0 Å². The zero-order valence-corrected chi connectivity index (χ0v) is 21.7. The van der Waals surface area contributed by atoms with E-state index >= 15 is 0 Å². The minimum atomic E-state index is -0.284. The highest BCUT2D eigenvalue weighted by molar-refractivity contribution is 5.94. The van der Waals surface area contributed by atoms with Crippen molar-refractivity contribution in [2.45, 2.75) is 0 Å². The van der Waals surface area contributed by atoms with Gasteiger partial charge in [-0.2, -0.15) is 0 Å². The number of nitrogens with one attached hydrogen (secondary N) is 3. The molecule has 1 fully saturated rings. The smallest absolute Gasteiger partial charge is 0.234 e. The maximum absolute atomic E-state index is 13.8. The second kappa shape index (κ2) is 11.6. The van der Waals surface area contributed by atoms with Crippen molar-refractivity contribution in [2.75, 3.05) is 70.1 Å². The van der Waals surface area contributed by atoms with Crippen LogP contribution in [-0.2, 0) is 4.79 Å². The fourth-order valence-electron chi connectivity index (χ4n) is 4.60. The molecule has 0 unspecified atom stereocenters. The molecule has 2 aromatic carbocycles. The third-order valence-corrected chi connectivity index (χ3v) is 6.68. The van der Waals surface area contributed by atoms with E-state index in [4.69, 9.17) is 0 Å². The van der Waals surface area contributed by atoms with Crippen molar-refractivity contribution in [3.05, 3.63) is 66.7 Å². The van der Waals surface area contributed by atoms with E-state index in [9.17, 15) is 9.18 Å². The van der Waals surface area contributed by atoms with Gasteiger partial charge in [-0.3, -0.25) is 9.69 Å². The van der Waals surface area contributed by atoms with Crippen LogP contribution in [-0.4, -0.2) is 90.6 Å². The lowest BCUT2D eigenvalue weighted by Gasteiger charge is -2.35. The highest BCUT2D eigenvalue weighted by Crippen LogP contribution is 2.29. The van der Waals surface area contributed by atoms with Gasteiger partial charge in [-0.15, -0.1) is 0 Å². The summed E-state index contributed by atoms with van der Waals surface area (Å²) in [4.78, 5) is 30.9. The van der Waals surface area contributed by atoms with Crippen molar-refractivity contribution in [3.8, 4) is 11.3 Å². The fourth-order valence-corrected chi connectivity index (χ4v) is 4.60. The zero-order chi connectivity index (χ0) is 26.5. The molecule has 198 valence electrons. The van der Waals surface area contributed by atoms with Crippen LogP contribution in [0, 0.1) is 5.82 Å². The molecule has 1 aliphatic rings. The first-order valence-corrected chi connectivity index (χ1v) is 12.8. The number of aromatic amines is 1. The Kier molecular flexibility index (Phi) is 7.81. The summed E-state index contributed by atoms with van der Waals surface area (Å²) in [6.45, 7) is 5.38. The number of likely N-dealkylation sites (N-methyl/N-ethyl adjacent to an activating group) is 1. The molecule has 9 nitrogen and oxygen atoms in total. The molecule has 0 bridgehead atoms. The number of H-pyrrole nitrogens is 1. The van der Waals surface area contributed by atoms with Crippen LogP contribution in [0.5, 0.6) is 0 Å². The highest BCUT2D eigenvalue weighted by Gasteiger charge is 2.19. The van der Waals surface area contributed by atoms with Crippen LogP contribution in [0.1, 0.15) is 0 Å². The number of carbonyl (C=O) groups excluding carboxylic acids is 1. The number of benzene rings is 2. The maximum Gasteiger partial charge on any atom is 0.234 e. The van der Waals surface area contributed by atoms with E-state index in [2.05, 4.69) is 52.4 Å². The van der Waals surface area contributed by atoms with Crippen molar-refractivity contribution in [1.82, 2.24) is 30.1 Å². The van der Waals surface area contributed by atoms with E-state index < -0.39 is 0 Å². The molecule has 1 aliphatic heterocycles. The minimum absolute atomic E-state index is 0.0823. The number of nitrogens with zero attached hydrogens (tertiary/aromatic N) is 5. The number of aromatic nitrogens is 3. The van der Waals surface area contributed by atoms with Gasteiger partial charge in [0.1, 0.15) is 5.82 Å². The monoisotopic (exact) mass is 516 g/mol. The normalized spacial score (nSPS) is 14.3. The van der Waals surface area contributed by atoms with Gasteiger partial charge in [-0.25, -0.2) is 14.4 Å². The first-order valence-electron chi connectivity index (χ1n) is 12.8. The van der Waals surface area contributed by atoms with Crippen LogP contribution in [0.15, 0.2) is 60.9 Å². The average Bonchev–Trinajstić information content (AvgIpc) is 3.33.